The minimum atomic E-state index is -0.0557. The van der Waals surface area contributed by atoms with Gasteiger partial charge < -0.3 is 25.1 Å². The number of hydrogen-bond acceptors (Lipinski definition) is 5. The number of guanidine groups is 1. The number of oxazole rings is 1. The highest BCUT2D eigenvalue weighted by Gasteiger charge is 2.34. The molecular weight excluding hydrogens is 505 g/mol. The van der Waals surface area contributed by atoms with Crippen molar-refractivity contribution in [1.82, 2.24) is 20.9 Å². The van der Waals surface area contributed by atoms with Crippen LogP contribution in [0.15, 0.2) is 39.7 Å². The van der Waals surface area contributed by atoms with Gasteiger partial charge in [0.25, 0.3) is 0 Å². The first-order valence-electron chi connectivity index (χ1n) is 10.9. The van der Waals surface area contributed by atoms with Gasteiger partial charge in [-0.1, -0.05) is 30.3 Å². The molecule has 1 atom stereocenters. The van der Waals surface area contributed by atoms with Crippen molar-refractivity contribution in [2.45, 2.75) is 58.7 Å². The van der Waals surface area contributed by atoms with Crippen molar-refractivity contribution >= 4 is 29.9 Å². The maximum absolute atomic E-state index is 5.66. The predicted octanol–water partition coefficient (Wildman–Crippen LogP) is 3.86. The number of ether oxygens (including phenoxy) is 1. The molecule has 1 aliphatic heterocycles. The highest BCUT2D eigenvalue weighted by molar-refractivity contribution is 14.0. The lowest BCUT2D eigenvalue weighted by Gasteiger charge is -2.41. The van der Waals surface area contributed by atoms with Gasteiger partial charge in [-0.2, -0.15) is 0 Å². The number of halogens is 1. The van der Waals surface area contributed by atoms with Crippen molar-refractivity contribution in [3.05, 3.63) is 53.2 Å². The summed E-state index contributed by atoms with van der Waals surface area (Å²) in [4.78, 5) is 9.09. The molecule has 1 aliphatic rings. The molecule has 2 aromatic rings. The molecule has 1 aromatic heterocycles. The molecule has 1 fully saturated rings. The van der Waals surface area contributed by atoms with Crippen LogP contribution in [0.3, 0.4) is 0 Å². The highest BCUT2D eigenvalue weighted by Crippen LogP contribution is 2.25. The van der Waals surface area contributed by atoms with Gasteiger partial charge in [0.2, 0.25) is 5.89 Å². The minimum Gasteiger partial charge on any atom is -0.444 e. The van der Waals surface area contributed by atoms with E-state index in [4.69, 9.17) is 9.15 Å². The lowest BCUT2D eigenvalue weighted by molar-refractivity contribution is 0.0355. The summed E-state index contributed by atoms with van der Waals surface area (Å²) in [7, 11) is 0. The zero-order valence-corrected chi connectivity index (χ0v) is 21.4. The maximum atomic E-state index is 5.66. The van der Waals surface area contributed by atoms with Crippen molar-refractivity contribution in [2.75, 3.05) is 26.3 Å². The molecule has 0 spiro atoms. The van der Waals surface area contributed by atoms with Gasteiger partial charge in [-0.05, 0) is 46.1 Å². The third-order valence-electron chi connectivity index (χ3n) is 5.66. The van der Waals surface area contributed by atoms with Crippen LogP contribution in [0.2, 0.25) is 0 Å². The fourth-order valence-corrected chi connectivity index (χ4v) is 3.77. The molecule has 1 aromatic carbocycles. The molecule has 0 amide bonds. The first kappa shape index (κ1) is 25.6. The van der Waals surface area contributed by atoms with Gasteiger partial charge >= 0.3 is 0 Å². The Labute approximate surface area is 202 Å². The van der Waals surface area contributed by atoms with E-state index in [1.165, 1.54) is 5.56 Å². The van der Waals surface area contributed by atoms with Gasteiger partial charge in [0.15, 0.2) is 5.96 Å². The highest BCUT2D eigenvalue weighted by atomic mass is 127. The van der Waals surface area contributed by atoms with E-state index >= 15 is 0 Å². The van der Waals surface area contributed by atoms with Crippen LogP contribution in [-0.2, 0) is 11.3 Å². The smallest absolute Gasteiger partial charge is 0.216 e. The number of aromatic nitrogens is 1. The van der Waals surface area contributed by atoms with Crippen LogP contribution in [0.5, 0.6) is 0 Å². The lowest BCUT2D eigenvalue weighted by atomic mass is 9.88. The standard InChI is InChI=1S/C23H35N5O2.HI/c1-5-24-22(25-15-21-27-17(2)19(4)30-21)26-16-23(11-13-29-14-12-23)28-18(3)20-9-7-6-8-10-20;/h6-10,18,28H,5,11-16H2,1-4H3,(H2,24,25,26);1H. The van der Waals surface area contributed by atoms with E-state index in [1.54, 1.807) is 0 Å². The molecule has 2 heterocycles. The molecule has 1 saturated heterocycles. The molecule has 0 bridgehead atoms. The van der Waals surface area contributed by atoms with E-state index in [2.05, 4.69) is 70.1 Å². The third kappa shape index (κ3) is 7.47. The van der Waals surface area contributed by atoms with Crippen LogP contribution < -0.4 is 16.0 Å². The van der Waals surface area contributed by atoms with Gasteiger partial charge in [0.05, 0.1) is 5.69 Å². The molecule has 172 valence electrons. The first-order valence-corrected chi connectivity index (χ1v) is 10.9. The molecule has 31 heavy (non-hydrogen) atoms. The predicted molar refractivity (Wildman–Crippen MR) is 135 cm³/mol. The number of nitrogens with one attached hydrogen (secondary N) is 3. The Morgan fingerprint density at radius 2 is 1.87 bits per heavy atom. The molecule has 1 unspecified atom stereocenters. The summed E-state index contributed by atoms with van der Waals surface area (Å²) in [6.07, 6.45) is 1.91. The van der Waals surface area contributed by atoms with E-state index < -0.39 is 0 Å². The second-order valence-electron chi connectivity index (χ2n) is 7.97. The molecule has 3 rings (SSSR count). The molecule has 0 radical (unpaired) electrons. The van der Waals surface area contributed by atoms with Crippen LogP contribution >= 0.6 is 24.0 Å². The summed E-state index contributed by atoms with van der Waals surface area (Å²) in [5.74, 6) is 2.25. The number of nitrogens with zero attached hydrogens (tertiary/aromatic N) is 2. The van der Waals surface area contributed by atoms with Crippen LogP contribution in [-0.4, -0.2) is 42.8 Å². The van der Waals surface area contributed by atoms with Crippen molar-refractivity contribution in [1.29, 1.82) is 0 Å². The largest absolute Gasteiger partial charge is 0.444 e. The molecule has 3 N–H and O–H groups in total. The normalized spacial score (nSPS) is 17.0. The van der Waals surface area contributed by atoms with Gasteiger partial charge in [0.1, 0.15) is 12.3 Å². The maximum Gasteiger partial charge on any atom is 0.216 e. The Hall–Kier alpha value is -1.65. The Balaban J connectivity index is 0.00000341. The number of aliphatic imine (C=N–C) groups is 1. The van der Waals surface area contributed by atoms with Gasteiger partial charge in [-0.15, -0.1) is 24.0 Å². The average molecular weight is 541 g/mol. The van der Waals surface area contributed by atoms with Crippen LogP contribution in [0, 0.1) is 13.8 Å². The van der Waals surface area contributed by atoms with E-state index in [0.29, 0.717) is 12.4 Å². The molecule has 7 nitrogen and oxygen atoms in total. The Bertz CT molecular complexity index is 799. The first-order chi connectivity index (χ1) is 14.5. The Morgan fingerprint density at radius 1 is 1.16 bits per heavy atom. The van der Waals surface area contributed by atoms with Crippen LogP contribution in [0.25, 0.3) is 0 Å². The van der Waals surface area contributed by atoms with Crippen LogP contribution in [0.4, 0.5) is 0 Å². The zero-order chi connectivity index (χ0) is 21.4. The topological polar surface area (TPSA) is 83.7 Å². The summed E-state index contributed by atoms with van der Waals surface area (Å²) in [5.41, 5.74) is 2.15. The number of aryl methyl sites for hydroxylation is 2. The molecule has 8 heteroatoms. The van der Waals surface area contributed by atoms with Crippen molar-refractivity contribution < 1.29 is 9.15 Å². The Kier molecular flexibility index (Phi) is 10.2. The number of hydrogen-bond donors (Lipinski definition) is 3. The second kappa shape index (κ2) is 12.4. The Morgan fingerprint density at radius 3 is 2.48 bits per heavy atom. The SMILES string of the molecule is CCNC(=NCc1nc(C)c(C)o1)NCC1(NC(C)c2ccccc2)CCOCC1.I. The van der Waals surface area contributed by atoms with E-state index in [9.17, 15) is 0 Å². The number of rotatable bonds is 8. The fourth-order valence-electron chi connectivity index (χ4n) is 3.77. The zero-order valence-electron chi connectivity index (χ0n) is 19.0. The van der Waals surface area contributed by atoms with E-state index in [-0.39, 0.29) is 35.6 Å². The van der Waals surface area contributed by atoms with E-state index in [0.717, 1.165) is 56.6 Å². The summed E-state index contributed by atoms with van der Waals surface area (Å²) in [6.45, 7) is 11.7. The van der Waals surface area contributed by atoms with Crippen molar-refractivity contribution in [3.8, 4) is 0 Å². The van der Waals surface area contributed by atoms with E-state index in [1.807, 2.05) is 13.8 Å². The van der Waals surface area contributed by atoms with Crippen molar-refractivity contribution in [2.24, 2.45) is 4.99 Å². The van der Waals surface area contributed by atoms with Crippen LogP contribution in [0.1, 0.15) is 55.6 Å². The second-order valence-corrected chi connectivity index (χ2v) is 7.97. The third-order valence-corrected chi connectivity index (χ3v) is 5.66. The molecular formula is C23H36IN5O2. The average Bonchev–Trinajstić information content (AvgIpc) is 3.09. The van der Waals surface area contributed by atoms with Gasteiger partial charge in [-0.3, -0.25) is 0 Å². The lowest BCUT2D eigenvalue weighted by Crippen LogP contribution is -2.58. The number of benzene rings is 1. The monoisotopic (exact) mass is 541 g/mol. The fraction of sp³-hybridized carbons (Fsp3) is 0.565. The molecule has 0 saturated carbocycles. The summed E-state index contributed by atoms with van der Waals surface area (Å²) >= 11 is 0. The summed E-state index contributed by atoms with van der Waals surface area (Å²) in [6, 6.07) is 10.8. The minimum absolute atomic E-state index is 0. The quantitative estimate of drug-likeness (QED) is 0.268. The molecule has 0 aliphatic carbocycles. The van der Waals surface area contributed by atoms with Gasteiger partial charge in [0, 0.05) is 37.9 Å². The van der Waals surface area contributed by atoms with Gasteiger partial charge in [-0.25, -0.2) is 9.98 Å². The summed E-state index contributed by atoms with van der Waals surface area (Å²) in [5, 5.41) is 10.7. The van der Waals surface area contributed by atoms with Crippen molar-refractivity contribution in [3.63, 3.8) is 0 Å². The summed E-state index contributed by atoms with van der Waals surface area (Å²) < 4.78 is 11.3.